The molecule has 0 radical (unpaired) electrons. The summed E-state index contributed by atoms with van der Waals surface area (Å²) in [6.07, 6.45) is 1.78. The lowest BCUT2D eigenvalue weighted by atomic mass is 9.93. The van der Waals surface area contributed by atoms with Crippen LogP contribution in [-0.2, 0) is 16.0 Å². The van der Waals surface area contributed by atoms with Crippen LogP contribution in [0.25, 0.3) is 10.9 Å². The maximum absolute atomic E-state index is 14.3. The number of esters is 1. The van der Waals surface area contributed by atoms with Crippen molar-refractivity contribution in [2.45, 2.75) is 50.5 Å². The number of rotatable bonds is 10. The Morgan fingerprint density at radius 3 is 2.52 bits per heavy atom. The van der Waals surface area contributed by atoms with E-state index in [1.54, 1.807) is 26.8 Å². The number of ketones is 1. The van der Waals surface area contributed by atoms with Gasteiger partial charge in [-0.15, -0.1) is 11.8 Å². The fraction of sp³-hybridized carbons (Fsp3) is 0.267. The van der Waals surface area contributed by atoms with Crippen LogP contribution < -0.4 is 0 Å². The lowest BCUT2D eigenvalue weighted by Gasteiger charge is -2.27. The Labute approximate surface area is 244 Å². The first-order chi connectivity index (χ1) is 19.0. The molecule has 206 valence electrons. The normalized spacial score (nSPS) is 12.2. The topological polar surface area (TPSA) is 112 Å². The Kier molecular flexibility index (Phi) is 9.00. The van der Waals surface area contributed by atoms with Gasteiger partial charge >= 0.3 is 5.97 Å². The van der Waals surface area contributed by atoms with E-state index in [1.165, 1.54) is 24.0 Å². The summed E-state index contributed by atoms with van der Waals surface area (Å²) < 4.78 is 6.68. The van der Waals surface area contributed by atoms with Gasteiger partial charge in [0.2, 0.25) is 5.78 Å². The summed E-state index contributed by atoms with van der Waals surface area (Å²) in [5, 5.41) is 12.9. The molecule has 0 aliphatic rings. The van der Waals surface area contributed by atoms with Crippen LogP contribution >= 0.6 is 27.7 Å². The predicted molar refractivity (Wildman–Crippen MR) is 159 cm³/mol. The van der Waals surface area contributed by atoms with Crippen LogP contribution in [0.1, 0.15) is 54.0 Å². The van der Waals surface area contributed by atoms with Gasteiger partial charge in [0.15, 0.2) is 5.92 Å². The molecule has 0 fully saturated rings. The Bertz CT molecular complexity index is 1590. The van der Waals surface area contributed by atoms with Crippen molar-refractivity contribution in [3.05, 3.63) is 104 Å². The third kappa shape index (κ3) is 6.74. The van der Waals surface area contributed by atoms with Gasteiger partial charge in [-0.05, 0) is 55.9 Å². The fourth-order valence-corrected chi connectivity index (χ4v) is 5.58. The van der Waals surface area contributed by atoms with Crippen molar-refractivity contribution in [3.63, 3.8) is 0 Å². The number of halogens is 1. The second-order valence-corrected chi connectivity index (χ2v) is 12.1. The number of hydrogen-bond donors (Lipinski definition) is 0. The molecule has 2 aromatic carbocycles. The van der Waals surface area contributed by atoms with Crippen molar-refractivity contribution in [1.82, 2.24) is 9.97 Å². The van der Waals surface area contributed by atoms with Crippen molar-refractivity contribution in [2.75, 3.05) is 5.75 Å². The molecular weight excluding hydrogens is 594 g/mol. The zero-order valence-electron chi connectivity index (χ0n) is 22.5. The van der Waals surface area contributed by atoms with E-state index in [-0.39, 0.29) is 11.4 Å². The van der Waals surface area contributed by atoms with Crippen molar-refractivity contribution < 1.29 is 19.2 Å². The maximum Gasteiger partial charge on any atom is 0.323 e. The molecule has 4 aromatic rings. The van der Waals surface area contributed by atoms with E-state index in [0.717, 1.165) is 15.4 Å². The highest BCUT2D eigenvalue weighted by molar-refractivity contribution is 9.10. The first kappa shape index (κ1) is 29.4. The van der Waals surface area contributed by atoms with Gasteiger partial charge in [0.1, 0.15) is 17.0 Å². The number of ether oxygens (including phenoxy) is 1. The second kappa shape index (κ2) is 12.3. The molecule has 0 amide bonds. The summed E-state index contributed by atoms with van der Waals surface area (Å²) in [7, 11) is 0. The van der Waals surface area contributed by atoms with Gasteiger partial charge in [0, 0.05) is 33.4 Å². The number of nitrogens with zero attached hydrogens (tertiary/aromatic N) is 3. The quantitative estimate of drug-likeness (QED) is 0.0454. The number of benzene rings is 2. The molecule has 8 nitrogen and oxygen atoms in total. The molecular formula is C30H28BrN3O5S. The lowest BCUT2D eigenvalue weighted by Crippen LogP contribution is -2.36. The number of carbonyl (C=O) groups excluding carboxylic acids is 2. The monoisotopic (exact) mass is 621 g/mol. The van der Waals surface area contributed by atoms with Crippen molar-refractivity contribution in [1.29, 1.82) is 0 Å². The number of thioether (sulfide) groups is 1. The SMILES string of the molecule is CCSc1cc2ccc(Br)cc2nc1C(=O)C(C(=O)OC(C)(C)Cc1ccccc1)c1ncc(C)cc1[N+](=O)[O-]. The standard InChI is InChI=1S/C30H28BrN3O5S/c1-5-40-24-14-20-11-12-21(31)15-22(20)33-27(24)28(35)25(26-23(34(37)38)13-18(2)17-32-26)29(36)39-30(3,4)16-19-9-7-6-8-10-19/h6-15,17,25H,5,16H2,1-4H3. The molecule has 10 heteroatoms. The summed E-state index contributed by atoms with van der Waals surface area (Å²) in [5.41, 5.74) is 0.326. The summed E-state index contributed by atoms with van der Waals surface area (Å²) in [6, 6.07) is 18.2. The molecule has 0 N–H and O–H groups in total. The Balaban J connectivity index is 1.84. The third-order valence-corrected chi connectivity index (χ3v) is 7.53. The van der Waals surface area contributed by atoms with Crippen molar-refractivity contribution >= 4 is 56.0 Å². The Hall–Kier alpha value is -3.63. The highest BCUT2D eigenvalue weighted by atomic mass is 79.9. The Morgan fingerprint density at radius 2 is 1.85 bits per heavy atom. The summed E-state index contributed by atoms with van der Waals surface area (Å²) in [6.45, 7) is 7.07. The summed E-state index contributed by atoms with van der Waals surface area (Å²) in [5.74, 6) is -2.68. The van der Waals surface area contributed by atoms with E-state index in [2.05, 4.69) is 25.9 Å². The molecule has 0 saturated heterocycles. The van der Waals surface area contributed by atoms with Crippen LogP contribution in [0.15, 0.2) is 76.2 Å². The molecule has 0 aliphatic heterocycles. The van der Waals surface area contributed by atoms with Gasteiger partial charge in [-0.3, -0.25) is 24.7 Å². The fourth-order valence-electron chi connectivity index (χ4n) is 4.43. The minimum absolute atomic E-state index is 0.0388. The maximum atomic E-state index is 14.3. The minimum Gasteiger partial charge on any atom is -0.458 e. The van der Waals surface area contributed by atoms with Gasteiger partial charge in [0.25, 0.3) is 5.69 Å². The number of fused-ring (bicyclic) bond motifs is 1. The number of hydrogen-bond acceptors (Lipinski definition) is 8. The molecule has 40 heavy (non-hydrogen) atoms. The highest BCUT2D eigenvalue weighted by Crippen LogP contribution is 2.35. The zero-order valence-corrected chi connectivity index (χ0v) is 24.9. The van der Waals surface area contributed by atoms with E-state index in [4.69, 9.17) is 4.74 Å². The first-order valence-electron chi connectivity index (χ1n) is 12.6. The van der Waals surface area contributed by atoms with E-state index >= 15 is 0 Å². The zero-order chi connectivity index (χ0) is 29.0. The van der Waals surface area contributed by atoms with Gasteiger partial charge < -0.3 is 4.74 Å². The van der Waals surface area contributed by atoms with Crippen molar-refractivity contribution in [2.24, 2.45) is 0 Å². The van der Waals surface area contributed by atoms with E-state index < -0.39 is 33.9 Å². The van der Waals surface area contributed by atoms with Crippen LogP contribution in [-0.4, -0.2) is 38.0 Å². The third-order valence-electron chi connectivity index (χ3n) is 6.13. The van der Waals surface area contributed by atoms with Crippen LogP contribution in [0.2, 0.25) is 0 Å². The molecule has 0 spiro atoms. The first-order valence-corrected chi connectivity index (χ1v) is 14.4. The predicted octanol–water partition coefficient (Wildman–Crippen LogP) is 7.25. The molecule has 2 heterocycles. The lowest BCUT2D eigenvalue weighted by molar-refractivity contribution is -0.386. The van der Waals surface area contributed by atoms with Gasteiger partial charge in [0.05, 0.1) is 10.4 Å². The number of aryl methyl sites for hydroxylation is 1. The number of aromatic nitrogens is 2. The van der Waals surface area contributed by atoms with Crippen LogP contribution in [0.4, 0.5) is 5.69 Å². The molecule has 4 rings (SSSR count). The van der Waals surface area contributed by atoms with Crippen LogP contribution in [0, 0.1) is 17.0 Å². The highest BCUT2D eigenvalue weighted by Gasteiger charge is 2.41. The number of carbonyl (C=O) groups is 2. The number of nitro groups is 1. The van der Waals surface area contributed by atoms with E-state index in [0.29, 0.717) is 28.1 Å². The van der Waals surface area contributed by atoms with Crippen LogP contribution in [0.3, 0.4) is 0 Å². The Morgan fingerprint density at radius 1 is 1.12 bits per heavy atom. The number of Topliss-reactive ketones (excluding diaryl/α,β-unsaturated/α-hetero) is 1. The van der Waals surface area contributed by atoms with E-state index in [9.17, 15) is 19.7 Å². The molecule has 0 aliphatic carbocycles. The van der Waals surface area contributed by atoms with E-state index in [1.807, 2.05) is 55.5 Å². The second-order valence-electron chi connectivity index (χ2n) is 9.92. The number of pyridine rings is 2. The van der Waals surface area contributed by atoms with Gasteiger partial charge in [-0.2, -0.15) is 0 Å². The summed E-state index contributed by atoms with van der Waals surface area (Å²) >= 11 is 4.84. The molecule has 0 saturated carbocycles. The largest absolute Gasteiger partial charge is 0.458 e. The van der Waals surface area contributed by atoms with Gasteiger partial charge in [-0.1, -0.05) is 59.3 Å². The smallest absolute Gasteiger partial charge is 0.323 e. The average molecular weight is 623 g/mol. The summed E-state index contributed by atoms with van der Waals surface area (Å²) in [4.78, 5) is 49.0. The molecule has 1 unspecified atom stereocenters. The van der Waals surface area contributed by atoms with Gasteiger partial charge in [-0.25, -0.2) is 4.98 Å². The van der Waals surface area contributed by atoms with Crippen LogP contribution in [0.5, 0.6) is 0 Å². The molecule has 2 aromatic heterocycles. The molecule has 1 atom stereocenters. The van der Waals surface area contributed by atoms with Crippen molar-refractivity contribution in [3.8, 4) is 0 Å². The minimum atomic E-state index is -1.69. The average Bonchev–Trinajstić information content (AvgIpc) is 2.89. The molecule has 0 bridgehead atoms.